The maximum absolute atomic E-state index is 11.3. The summed E-state index contributed by atoms with van der Waals surface area (Å²) in [7, 11) is 0. The van der Waals surface area contributed by atoms with Gasteiger partial charge in [-0.2, -0.15) is 5.10 Å². The highest BCUT2D eigenvalue weighted by Crippen LogP contribution is 2.24. The van der Waals surface area contributed by atoms with Crippen molar-refractivity contribution in [3.05, 3.63) is 63.8 Å². The highest BCUT2D eigenvalue weighted by atomic mass is 35.5. The zero-order chi connectivity index (χ0) is 17.0. The zero-order valence-corrected chi connectivity index (χ0v) is 14.3. The summed E-state index contributed by atoms with van der Waals surface area (Å²) in [5, 5.41) is 15.1. The molecule has 0 aliphatic heterocycles. The minimum atomic E-state index is -1.05. The largest absolute Gasteiger partial charge is 0.476 e. The van der Waals surface area contributed by atoms with Crippen LogP contribution in [0.3, 0.4) is 0 Å². The van der Waals surface area contributed by atoms with Crippen LogP contribution in [0.2, 0.25) is 10.0 Å². The number of aromatic carboxylic acids is 1. The number of nitrogens with zero attached hydrogens (tertiary/aromatic N) is 2. The minimum Gasteiger partial charge on any atom is -0.476 e. The van der Waals surface area contributed by atoms with E-state index in [1.165, 1.54) is 0 Å². The van der Waals surface area contributed by atoms with Crippen LogP contribution in [-0.4, -0.2) is 20.9 Å². The van der Waals surface area contributed by atoms with Crippen molar-refractivity contribution in [2.75, 3.05) is 0 Å². The molecule has 0 atom stereocenters. The number of aromatic nitrogens is 2. The summed E-state index contributed by atoms with van der Waals surface area (Å²) in [4.78, 5) is 11.3. The molecule has 0 saturated carbocycles. The Morgan fingerprint density at radius 2 is 1.87 bits per heavy atom. The van der Waals surface area contributed by atoms with Crippen molar-refractivity contribution in [2.24, 2.45) is 0 Å². The van der Waals surface area contributed by atoms with Crippen molar-refractivity contribution in [3.8, 4) is 0 Å². The van der Waals surface area contributed by atoms with E-state index in [-0.39, 0.29) is 5.69 Å². The summed E-state index contributed by atoms with van der Waals surface area (Å²) in [6.07, 6.45) is 0. The number of rotatable bonds is 3. The molecule has 1 N–H and O–H groups in total. The van der Waals surface area contributed by atoms with Gasteiger partial charge in [0.1, 0.15) is 0 Å². The van der Waals surface area contributed by atoms with Crippen LogP contribution in [0.5, 0.6) is 0 Å². The van der Waals surface area contributed by atoms with Gasteiger partial charge in [0.05, 0.1) is 12.1 Å². The number of carboxylic acids is 1. The van der Waals surface area contributed by atoms with Gasteiger partial charge in [0, 0.05) is 15.4 Å². The second-order valence-electron chi connectivity index (χ2n) is 4.56. The summed E-state index contributed by atoms with van der Waals surface area (Å²) in [6.45, 7) is 4.38. The lowest BCUT2D eigenvalue weighted by atomic mass is 10.2. The summed E-state index contributed by atoms with van der Waals surface area (Å²) in [5.74, 6) is -1.05. The molecule has 2 aromatic carbocycles. The smallest absolute Gasteiger partial charge is 0.357 e. The summed E-state index contributed by atoms with van der Waals surface area (Å²) in [5.41, 5.74) is 1.61. The second kappa shape index (κ2) is 7.49. The van der Waals surface area contributed by atoms with Crippen LogP contribution in [0, 0.1) is 0 Å². The van der Waals surface area contributed by atoms with Gasteiger partial charge in [-0.05, 0) is 23.8 Å². The van der Waals surface area contributed by atoms with E-state index in [9.17, 15) is 9.90 Å². The molecule has 0 amide bonds. The molecule has 1 aromatic heterocycles. The Kier molecular flexibility index (Phi) is 5.64. The third-order valence-electron chi connectivity index (χ3n) is 3.20. The first kappa shape index (κ1) is 17.3. The molecule has 0 fully saturated rings. The Bertz CT molecular complexity index is 844. The maximum Gasteiger partial charge on any atom is 0.357 e. The molecular formula is C17H16Cl2N2O2. The van der Waals surface area contributed by atoms with Crippen molar-refractivity contribution < 1.29 is 9.90 Å². The van der Waals surface area contributed by atoms with Crippen molar-refractivity contribution >= 4 is 40.1 Å². The SMILES string of the molecule is CC.O=C(O)c1nn(Cc2ccc(Cl)cc2Cl)c2ccccc12. The first-order valence-electron chi connectivity index (χ1n) is 7.19. The molecule has 0 saturated heterocycles. The molecule has 0 unspecified atom stereocenters. The Morgan fingerprint density at radius 3 is 2.52 bits per heavy atom. The van der Waals surface area contributed by atoms with Crippen LogP contribution in [0.25, 0.3) is 10.9 Å². The Labute approximate surface area is 144 Å². The molecule has 23 heavy (non-hydrogen) atoms. The number of fused-ring (bicyclic) bond motifs is 1. The van der Waals surface area contributed by atoms with Crippen LogP contribution < -0.4 is 0 Å². The third kappa shape index (κ3) is 3.66. The van der Waals surface area contributed by atoms with Crippen LogP contribution in [-0.2, 0) is 6.54 Å². The Balaban J connectivity index is 0.000000924. The molecule has 0 radical (unpaired) electrons. The molecule has 0 spiro atoms. The molecule has 120 valence electrons. The van der Waals surface area contributed by atoms with Gasteiger partial charge < -0.3 is 5.11 Å². The van der Waals surface area contributed by atoms with Crippen molar-refractivity contribution in [2.45, 2.75) is 20.4 Å². The lowest BCUT2D eigenvalue weighted by Gasteiger charge is -2.06. The maximum atomic E-state index is 11.3. The predicted octanol–water partition coefficient (Wildman–Crippen LogP) is 5.12. The van der Waals surface area contributed by atoms with Gasteiger partial charge in [0.25, 0.3) is 0 Å². The number of hydrogen-bond donors (Lipinski definition) is 1. The van der Waals surface area contributed by atoms with Gasteiger partial charge in [-0.1, -0.05) is 61.3 Å². The van der Waals surface area contributed by atoms with Gasteiger partial charge in [0.15, 0.2) is 5.69 Å². The van der Waals surface area contributed by atoms with Crippen LogP contribution in [0.15, 0.2) is 42.5 Å². The highest BCUT2D eigenvalue weighted by Gasteiger charge is 2.16. The number of carboxylic acid groups (broad SMARTS) is 1. The average Bonchev–Trinajstić information content (AvgIpc) is 2.91. The van der Waals surface area contributed by atoms with E-state index in [0.717, 1.165) is 11.1 Å². The van der Waals surface area contributed by atoms with Crippen LogP contribution >= 0.6 is 23.2 Å². The number of carbonyl (C=O) groups is 1. The average molecular weight is 351 g/mol. The van der Waals surface area contributed by atoms with Crippen molar-refractivity contribution in [1.82, 2.24) is 9.78 Å². The number of para-hydroxylation sites is 1. The molecule has 0 bridgehead atoms. The topological polar surface area (TPSA) is 55.1 Å². The summed E-state index contributed by atoms with van der Waals surface area (Å²) < 4.78 is 1.63. The molecule has 4 nitrogen and oxygen atoms in total. The number of halogens is 2. The Hall–Kier alpha value is -2.04. The third-order valence-corrected chi connectivity index (χ3v) is 3.78. The van der Waals surface area contributed by atoms with E-state index in [2.05, 4.69) is 5.10 Å². The van der Waals surface area contributed by atoms with E-state index < -0.39 is 5.97 Å². The number of benzene rings is 2. The monoisotopic (exact) mass is 350 g/mol. The standard InChI is InChI=1S/C15H10Cl2N2O2.C2H6/c16-10-6-5-9(12(17)7-10)8-19-13-4-2-1-3-11(13)14(18-19)15(20)21;1-2/h1-7H,8H2,(H,20,21);1-2H3. The molecular weight excluding hydrogens is 335 g/mol. The normalized spacial score (nSPS) is 10.3. The fraction of sp³-hybridized carbons (Fsp3) is 0.176. The van der Waals surface area contributed by atoms with E-state index in [0.29, 0.717) is 22.0 Å². The quantitative estimate of drug-likeness (QED) is 0.713. The number of hydrogen-bond acceptors (Lipinski definition) is 2. The first-order chi connectivity index (χ1) is 11.1. The fourth-order valence-electron chi connectivity index (χ4n) is 2.22. The lowest BCUT2D eigenvalue weighted by Crippen LogP contribution is -2.05. The first-order valence-corrected chi connectivity index (χ1v) is 7.94. The molecule has 6 heteroatoms. The predicted molar refractivity (Wildman–Crippen MR) is 93.6 cm³/mol. The van der Waals surface area contributed by atoms with Gasteiger partial charge in [-0.15, -0.1) is 0 Å². The summed E-state index contributed by atoms with van der Waals surface area (Å²) in [6, 6.07) is 12.4. The molecule has 1 heterocycles. The van der Waals surface area contributed by atoms with E-state index in [1.54, 1.807) is 28.9 Å². The zero-order valence-electron chi connectivity index (χ0n) is 12.8. The molecule has 0 aliphatic rings. The lowest BCUT2D eigenvalue weighted by molar-refractivity contribution is 0.0691. The second-order valence-corrected chi connectivity index (χ2v) is 5.41. The minimum absolute atomic E-state index is 0.0377. The van der Waals surface area contributed by atoms with E-state index in [1.807, 2.05) is 32.0 Å². The van der Waals surface area contributed by atoms with E-state index >= 15 is 0 Å². The van der Waals surface area contributed by atoms with Gasteiger partial charge in [-0.3, -0.25) is 4.68 Å². The molecule has 0 aliphatic carbocycles. The van der Waals surface area contributed by atoms with Gasteiger partial charge in [0.2, 0.25) is 0 Å². The molecule has 3 aromatic rings. The van der Waals surface area contributed by atoms with Crippen LogP contribution in [0.4, 0.5) is 0 Å². The fourth-order valence-corrected chi connectivity index (χ4v) is 2.69. The van der Waals surface area contributed by atoms with Crippen molar-refractivity contribution in [3.63, 3.8) is 0 Å². The van der Waals surface area contributed by atoms with Gasteiger partial charge >= 0.3 is 5.97 Å². The van der Waals surface area contributed by atoms with E-state index in [4.69, 9.17) is 23.2 Å². The Morgan fingerprint density at radius 1 is 1.17 bits per heavy atom. The van der Waals surface area contributed by atoms with Gasteiger partial charge in [-0.25, -0.2) is 4.79 Å². The molecule has 3 rings (SSSR count). The summed E-state index contributed by atoms with van der Waals surface area (Å²) >= 11 is 12.0. The van der Waals surface area contributed by atoms with Crippen LogP contribution in [0.1, 0.15) is 29.9 Å². The van der Waals surface area contributed by atoms with Crippen molar-refractivity contribution in [1.29, 1.82) is 0 Å². The highest BCUT2D eigenvalue weighted by molar-refractivity contribution is 6.35.